The van der Waals surface area contributed by atoms with Crippen molar-refractivity contribution in [3.63, 3.8) is 0 Å². The molecule has 2 heteroatoms. The topological polar surface area (TPSA) is 0 Å². The number of fused-ring (bicyclic) bond motifs is 2. The predicted octanol–water partition coefficient (Wildman–Crippen LogP) is 2.95. The van der Waals surface area contributed by atoms with Crippen LogP contribution in [0.2, 0.25) is 0 Å². The normalized spacial score (nSPS) is 9.70. The summed E-state index contributed by atoms with van der Waals surface area (Å²) in [6.45, 7) is 0. The summed E-state index contributed by atoms with van der Waals surface area (Å²) in [6, 6.07) is 16.9. The van der Waals surface area contributed by atoms with Crippen LogP contribution in [0.25, 0.3) is 21.5 Å². The van der Waals surface area contributed by atoms with Gasteiger partial charge in [0.1, 0.15) is 20.5 Å². The van der Waals surface area contributed by atoms with Crippen LogP contribution in [0.4, 0.5) is 0 Å². The first kappa shape index (κ1) is 12.8. The fourth-order valence-electron chi connectivity index (χ4n) is 2.30. The summed E-state index contributed by atoms with van der Waals surface area (Å²) in [7, 11) is 6.36. The molecule has 0 spiro atoms. The van der Waals surface area contributed by atoms with Crippen molar-refractivity contribution < 1.29 is 0 Å². The van der Waals surface area contributed by atoms with E-state index in [-0.39, 0.29) is 0 Å². The molecule has 0 N–H and O–H groups in total. The van der Waals surface area contributed by atoms with E-state index in [1.807, 2.05) is 12.1 Å². The third-order valence-corrected chi connectivity index (χ3v) is 3.46. The summed E-state index contributed by atoms with van der Waals surface area (Å²) >= 11 is 0. The van der Waals surface area contributed by atoms with E-state index in [1.165, 1.54) is 21.5 Å². The molecule has 20 heavy (non-hydrogen) atoms. The van der Waals surface area contributed by atoms with Crippen molar-refractivity contribution in [2.45, 2.75) is 0 Å². The third-order valence-electron chi connectivity index (χ3n) is 3.21. The monoisotopic (exact) mass is 280 g/mol. The number of rotatable bonds is 0. The second-order valence-corrected chi connectivity index (χ2v) is 4.98. The molecule has 0 heterocycles. The fraction of sp³-hybridized carbons (Fsp3) is 0. The molecule has 0 aromatic heterocycles. The highest BCUT2D eigenvalue weighted by Gasteiger charge is 2.00. The van der Waals surface area contributed by atoms with Gasteiger partial charge in [0, 0.05) is 11.1 Å². The standard InChI is InChI=1S/C18H8Si2/c19-7-5-13-1-3-15-11-18-10-14(6-8-20)2-4-16(18)12-17(15)9-13/h1-4,9-12H. The highest BCUT2D eigenvalue weighted by Crippen LogP contribution is 2.24. The van der Waals surface area contributed by atoms with E-state index in [9.17, 15) is 0 Å². The SMILES string of the molecule is [Si]C#Cc1ccc2cc3cc(C#C[Si])ccc3cc2c1. The Morgan fingerprint density at radius 3 is 1.40 bits per heavy atom. The van der Waals surface area contributed by atoms with Gasteiger partial charge in [-0.15, -0.1) is 11.1 Å². The molecule has 0 aliphatic carbocycles. The van der Waals surface area contributed by atoms with Gasteiger partial charge in [-0.25, -0.2) is 0 Å². The molecular weight excluding hydrogens is 272 g/mol. The Bertz CT molecular complexity index is 852. The van der Waals surface area contributed by atoms with E-state index >= 15 is 0 Å². The fourth-order valence-corrected chi connectivity index (χ4v) is 2.59. The number of hydrogen-bond donors (Lipinski definition) is 0. The lowest BCUT2D eigenvalue weighted by molar-refractivity contribution is 1.69. The van der Waals surface area contributed by atoms with E-state index in [1.54, 1.807) is 0 Å². The molecule has 0 saturated carbocycles. The lowest BCUT2D eigenvalue weighted by Crippen LogP contribution is -1.81. The maximum atomic E-state index is 3.18. The molecular formula is C18H8Si2. The lowest BCUT2D eigenvalue weighted by atomic mass is 10.0. The van der Waals surface area contributed by atoms with E-state index in [2.05, 4.69) is 79.8 Å². The zero-order valence-corrected chi connectivity index (χ0v) is 12.6. The molecule has 3 rings (SSSR count). The molecule has 0 amide bonds. The van der Waals surface area contributed by atoms with Crippen LogP contribution in [0.3, 0.4) is 0 Å². The van der Waals surface area contributed by atoms with E-state index in [0.717, 1.165) is 11.1 Å². The van der Waals surface area contributed by atoms with Gasteiger partial charge in [0.2, 0.25) is 0 Å². The van der Waals surface area contributed by atoms with Gasteiger partial charge in [0.25, 0.3) is 0 Å². The van der Waals surface area contributed by atoms with Crippen molar-refractivity contribution in [1.82, 2.24) is 0 Å². The second-order valence-electron chi connectivity index (χ2n) is 4.48. The first-order valence-corrected chi connectivity index (χ1v) is 7.13. The summed E-state index contributed by atoms with van der Waals surface area (Å²) < 4.78 is 0. The Labute approximate surface area is 125 Å². The summed E-state index contributed by atoms with van der Waals surface area (Å²) in [5, 5.41) is 4.81. The minimum absolute atomic E-state index is 1.01. The zero-order chi connectivity index (χ0) is 13.9. The number of benzene rings is 3. The van der Waals surface area contributed by atoms with E-state index in [4.69, 9.17) is 0 Å². The summed E-state index contributed by atoms with van der Waals surface area (Å²) in [5.74, 6) is 6.03. The molecule has 0 atom stereocenters. The Kier molecular flexibility index (Phi) is 3.43. The van der Waals surface area contributed by atoms with E-state index in [0.29, 0.717) is 0 Å². The first-order chi connectivity index (χ1) is 9.80. The van der Waals surface area contributed by atoms with Crippen LogP contribution in [0, 0.1) is 22.9 Å². The Balaban J connectivity index is 2.25. The maximum absolute atomic E-state index is 3.18. The van der Waals surface area contributed by atoms with Crippen LogP contribution >= 0.6 is 0 Å². The van der Waals surface area contributed by atoms with Crippen molar-refractivity contribution in [2.24, 2.45) is 0 Å². The maximum Gasteiger partial charge on any atom is 0.147 e. The lowest BCUT2D eigenvalue weighted by Gasteiger charge is -2.04. The van der Waals surface area contributed by atoms with Crippen molar-refractivity contribution in [1.29, 1.82) is 0 Å². The molecule has 0 fully saturated rings. The summed E-state index contributed by atoms with van der Waals surface area (Å²) in [6.07, 6.45) is 0. The van der Waals surface area contributed by atoms with Gasteiger partial charge >= 0.3 is 0 Å². The van der Waals surface area contributed by atoms with Gasteiger partial charge in [-0.2, -0.15) is 0 Å². The smallest absolute Gasteiger partial charge is 0.133 e. The van der Waals surface area contributed by atoms with Crippen LogP contribution in [0.1, 0.15) is 11.1 Å². The van der Waals surface area contributed by atoms with Crippen molar-refractivity contribution >= 4 is 42.0 Å². The van der Waals surface area contributed by atoms with Crippen LogP contribution < -0.4 is 0 Å². The largest absolute Gasteiger partial charge is 0.147 e. The van der Waals surface area contributed by atoms with Crippen LogP contribution in [0.5, 0.6) is 0 Å². The molecule has 88 valence electrons. The summed E-state index contributed by atoms with van der Waals surface area (Å²) in [5.41, 5.74) is 7.50. The van der Waals surface area contributed by atoms with Gasteiger partial charge in [-0.05, 0) is 57.9 Å². The molecule has 0 unspecified atom stereocenters. The van der Waals surface area contributed by atoms with Crippen LogP contribution in [-0.4, -0.2) is 20.5 Å². The summed E-state index contributed by atoms with van der Waals surface area (Å²) in [4.78, 5) is 0. The predicted molar refractivity (Wildman–Crippen MR) is 86.7 cm³/mol. The number of hydrogen-bond acceptors (Lipinski definition) is 0. The zero-order valence-electron chi connectivity index (χ0n) is 10.6. The second kappa shape index (κ2) is 5.39. The molecule has 0 saturated heterocycles. The van der Waals surface area contributed by atoms with E-state index < -0.39 is 0 Å². The average molecular weight is 280 g/mol. The highest BCUT2D eigenvalue weighted by molar-refractivity contribution is 6.22. The van der Waals surface area contributed by atoms with Crippen molar-refractivity contribution in [3.8, 4) is 22.9 Å². The third kappa shape index (κ3) is 2.40. The highest BCUT2D eigenvalue weighted by atomic mass is 28.1. The minimum Gasteiger partial charge on any atom is -0.133 e. The van der Waals surface area contributed by atoms with Crippen molar-refractivity contribution in [2.75, 3.05) is 0 Å². The quantitative estimate of drug-likeness (QED) is 0.337. The van der Waals surface area contributed by atoms with Crippen molar-refractivity contribution in [3.05, 3.63) is 59.7 Å². The molecule has 0 nitrogen and oxygen atoms in total. The Morgan fingerprint density at radius 2 is 1.00 bits per heavy atom. The van der Waals surface area contributed by atoms with Gasteiger partial charge in [-0.1, -0.05) is 24.0 Å². The molecule has 0 bridgehead atoms. The van der Waals surface area contributed by atoms with Gasteiger partial charge in [0.15, 0.2) is 0 Å². The molecule has 3 aromatic carbocycles. The molecule has 3 aromatic rings. The van der Waals surface area contributed by atoms with Crippen LogP contribution in [0.15, 0.2) is 48.5 Å². The Morgan fingerprint density at radius 1 is 0.550 bits per heavy atom. The van der Waals surface area contributed by atoms with Gasteiger partial charge in [-0.3, -0.25) is 0 Å². The molecule has 0 aliphatic rings. The Hall–Kier alpha value is -2.27. The van der Waals surface area contributed by atoms with Crippen LogP contribution in [-0.2, 0) is 0 Å². The molecule has 6 radical (unpaired) electrons. The molecule has 0 aliphatic heterocycles. The average Bonchev–Trinajstić information content (AvgIpc) is 2.46. The van der Waals surface area contributed by atoms with Gasteiger partial charge in [0.05, 0.1) is 0 Å². The minimum atomic E-state index is 1.01. The first-order valence-electron chi connectivity index (χ1n) is 6.13. The van der Waals surface area contributed by atoms with Gasteiger partial charge < -0.3 is 0 Å².